The van der Waals surface area contributed by atoms with E-state index in [2.05, 4.69) is 29.0 Å². The van der Waals surface area contributed by atoms with Gasteiger partial charge in [0.15, 0.2) is 11.1 Å². The first-order valence-electron chi connectivity index (χ1n) is 8.52. The molecule has 2 rings (SSSR count). The summed E-state index contributed by atoms with van der Waals surface area (Å²) in [5.41, 5.74) is 4.23. The van der Waals surface area contributed by atoms with Gasteiger partial charge in [-0.2, -0.15) is 13.6 Å². The smallest absolute Gasteiger partial charge is 0.387 e. The lowest BCUT2D eigenvalue weighted by Gasteiger charge is -2.26. The van der Waals surface area contributed by atoms with Gasteiger partial charge in [-0.1, -0.05) is 23.4 Å². The molecule has 192 valence electrons. The predicted molar refractivity (Wildman–Crippen MR) is 107 cm³/mol. The Balaban J connectivity index is 2.34. The van der Waals surface area contributed by atoms with Crippen molar-refractivity contribution in [2.75, 3.05) is 12.4 Å². The highest BCUT2D eigenvalue weighted by molar-refractivity contribution is 7.66. The molecule has 0 spiro atoms. The number of rotatable bonds is 8. The van der Waals surface area contributed by atoms with E-state index in [4.69, 9.17) is 31.9 Å². The Morgan fingerprint density at radius 1 is 1.32 bits per heavy atom. The molecule has 34 heavy (non-hydrogen) atoms. The molecule has 22 heteroatoms. The molecule has 0 radical (unpaired) electrons. The number of halogens is 2. The zero-order chi connectivity index (χ0) is 26.1. The second kappa shape index (κ2) is 10.4. The molecular formula is C12H17ClFN4O13P3. The maximum Gasteiger partial charge on any atom is 0.490 e. The van der Waals surface area contributed by atoms with Gasteiger partial charge in [0, 0.05) is 0 Å². The van der Waals surface area contributed by atoms with Crippen LogP contribution in [-0.2, 0) is 31.6 Å². The number of aromatic nitrogens is 3. The van der Waals surface area contributed by atoms with Crippen LogP contribution in [0.15, 0.2) is 11.1 Å². The molecule has 7 atom stereocenters. The molecule has 1 aromatic rings. The van der Waals surface area contributed by atoms with Gasteiger partial charge in [0.25, 0.3) is 0 Å². The fraction of sp³-hybridized carbons (Fsp3) is 0.583. The van der Waals surface area contributed by atoms with Crippen LogP contribution in [0, 0.1) is 11.8 Å². The highest BCUT2D eigenvalue weighted by Gasteiger charge is 2.58. The van der Waals surface area contributed by atoms with Crippen molar-refractivity contribution < 1.29 is 60.6 Å². The Bertz CT molecular complexity index is 1190. The summed E-state index contributed by atoms with van der Waals surface area (Å²) in [6, 6.07) is 0. The second-order valence-corrected chi connectivity index (χ2v) is 11.4. The van der Waals surface area contributed by atoms with Crippen molar-refractivity contribution in [2.45, 2.75) is 36.3 Å². The van der Waals surface area contributed by atoms with Crippen LogP contribution < -0.4 is 11.4 Å². The Hall–Kier alpha value is -1.28. The molecule has 3 unspecified atom stereocenters. The minimum atomic E-state index is -5.82. The summed E-state index contributed by atoms with van der Waals surface area (Å²) in [6.07, 6.45) is -6.35. The third-order valence-corrected chi connectivity index (χ3v) is 8.34. The number of ether oxygens (including phenoxy) is 1. The average molecular weight is 573 g/mol. The highest BCUT2D eigenvalue weighted by atomic mass is 35.5. The van der Waals surface area contributed by atoms with E-state index in [1.54, 1.807) is 0 Å². The molecule has 7 N–H and O–H groups in total. The first-order chi connectivity index (χ1) is 15.4. The zero-order valence-electron chi connectivity index (χ0n) is 16.6. The number of phosphoric acid groups is 3. The molecular weight excluding hydrogens is 556 g/mol. The number of nitrogens with zero attached hydrogens (tertiary/aromatic N) is 3. The summed E-state index contributed by atoms with van der Waals surface area (Å²) < 4.78 is 64.8. The van der Waals surface area contributed by atoms with Gasteiger partial charge in [0.1, 0.15) is 25.2 Å². The van der Waals surface area contributed by atoms with E-state index >= 15 is 0 Å². The van der Waals surface area contributed by atoms with Gasteiger partial charge in [-0.3, -0.25) is 9.09 Å². The van der Waals surface area contributed by atoms with E-state index in [1.165, 1.54) is 0 Å². The van der Waals surface area contributed by atoms with Gasteiger partial charge in [0.2, 0.25) is 5.95 Å². The summed E-state index contributed by atoms with van der Waals surface area (Å²) in [6.45, 7) is -0.237. The standard InChI is InChI=1S/C12H17ClFN4O13P3/c1-6(29-33(24,25)31-34(26,27)30-32(21,22)23)7-8(19)12(13,3-2-4-14)9(28-7)18-5-16-10(15)17-11(18)20/h5-9,19H,4H2,1H3,(H,24,25)(H,26,27)(H2,15,17,20)(H2,21,22,23)/t6-,7-,8+,9-,12?/m1/s1. The van der Waals surface area contributed by atoms with Crippen LogP contribution >= 0.6 is 35.1 Å². The van der Waals surface area contributed by atoms with Gasteiger partial charge in [-0.25, -0.2) is 27.9 Å². The monoisotopic (exact) mass is 572 g/mol. The molecule has 2 heterocycles. The first-order valence-corrected chi connectivity index (χ1v) is 13.4. The molecule has 1 aliphatic heterocycles. The SMILES string of the molecule is C[C@@H](OP(=O)(O)OP(=O)(O)OP(=O)(O)O)[C@H]1O[C@@H](n2cnc(N)nc2=O)C(Cl)(C#CCF)[C@H]1O. The lowest BCUT2D eigenvalue weighted by atomic mass is 9.97. The molecule has 17 nitrogen and oxygen atoms in total. The summed E-state index contributed by atoms with van der Waals surface area (Å²) >= 11 is 6.33. The van der Waals surface area contributed by atoms with Gasteiger partial charge in [-0.05, 0) is 6.92 Å². The lowest BCUT2D eigenvalue weighted by molar-refractivity contribution is -0.0751. The summed E-state index contributed by atoms with van der Waals surface area (Å²) in [4.78, 5) is 52.9. The Morgan fingerprint density at radius 2 is 1.94 bits per heavy atom. The Morgan fingerprint density at radius 3 is 2.47 bits per heavy atom. The maximum atomic E-state index is 12.7. The molecule has 1 saturated heterocycles. The van der Waals surface area contributed by atoms with Crippen LogP contribution in [0.4, 0.5) is 10.3 Å². The molecule has 1 aromatic heterocycles. The molecule has 0 saturated carbocycles. The number of nitrogen functional groups attached to an aromatic ring is 1. The van der Waals surface area contributed by atoms with Gasteiger partial charge in [0.05, 0.1) is 6.10 Å². The highest BCUT2D eigenvalue weighted by Crippen LogP contribution is 2.66. The first kappa shape index (κ1) is 29.0. The van der Waals surface area contributed by atoms with Crippen molar-refractivity contribution in [3.05, 3.63) is 16.8 Å². The van der Waals surface area contributed by atoms with Crippen LogP contribution in [0.25, 0.3) is 0 Å². The maximum absolute atomic E-state index is 12.7. The van der Waals surface area contributed by atoms with Gasteiger partial charge < -0.3 is 35.2 Å². The van der Waals surface area contributed by atoms with Crippen molar-refractivity contribution in [3.8, 4) is 11.8 Å². The molecule has 0 bridgehead atoms. The van der Waals surface area contributed by atoms with Crippen LogP contribution in [0.1, 0.15) is 13.2 Å². The summed E-state index contributed by atoms with van der Waals surface area (Å²) in [5, 5.41) is 10.7. The fourth-order valence-corrected chi connectivity index (χ4v) is 6.28. The van der Waals surface area contributed by atoms with Crippen molar-refractivity contribution in [1.82, 2.24) is 14.5 Å². The van der Waals surface area contributed by atoms with Crippen molar-refractivity contribution in [3.63, 3.8) is 0 Å². The van der Waals surface area contributed by atoms with E-state index in [9.17, 15) is 37.8 Å². The number of phosphoric ester groups is 1. The van der Waals surface area contributed by atoms with E-state index < -0.39 is 71.2 Å². The Kier molecular flexibility index (Phi) is 8.83. The summed E-state index contributed by atoms with van der Waals surface area (Å²) in [7, 11) is -17.1. The van der Waals surface area contributed by atoms with E-state index in [1.807, 2.05) is 5.92 Å². The molecule has 1 fully saturated rings. The van der Waals surface area contributed by atoms with Crippen molar-refractivity contribution in [1.29, 1.82) is 0 Å². The largest absolute Gasteiger partial charge is 0.490 e. The molecule has 0 aliphatic carbocycles. The zero-order valence-corrected chi connectivity index (χ0v) is 20.1. The van der Waals surface area contributed by atoms with Gasteiger partial charge in [-0.15, -0.1) is 0 Å². The Labute approximate surface area is 194 Å². The summed E-state index contributed by atoms with van der Waals surface area (Å²) in [5.74, 6) is 3.70. The number of anilines is 1. The number of hydrogen-bond acceptors (Lipinski definition) is 12. The normalized spacial score (nSPS) is 29.5. The third-order valence-electron chi connectivity index (χ3n) is 3.91. The number of hydrogen-bond donors (Lipinski definition) is 6. The quantitative estimate of drug-likeness (QED) is 0.126. The minimum absolute atomic E-state index is 0.424. The molecule has 0 amide bonds. The van der Waals surface area contributed by atoms with Crippen LogP contribution in [0.3, 0.4) is 0 Å². The fourth-order valence-electron chi connectivity index (χ4n) is 2.73. The van der Waals surface area contributed by atoms with Crippen LogP contribution in [0.2, 0.25) is 0 Å². The van der Waals surface area contributed by atoms with Gasteiger partial charge >= 0.3 is 29.2 Å². The van der Waals surface area contributed by atoms with E-state index in [0.717, 1.165) is 13.3 Å². The van der Waals surface area contributed by atoms with E-state index in [-0.39, 0.29) is 0 Å². The van der Waals surface area contributed by atoms with E-state index in [0.29, 0.717) is 4.57 Å². The van der Waals surface area contributed by atoms with Crippen LogP contribution in [-0.4, -0.2) is 69.1 Å². The average Bonchev–Trinajstić information content (AvgIpc) is 2.88. The number of alkyl halides is 2. The lowest BCUT2D eigenvalue weighted by Crippen LogP contribution is -2.45. The minimum Gasteiger partial charge on any atom is -0.387 e. The van der Waals surface area contributed by atoms with Crippen LogP contribution in [0.5, 0.6) is 0 Å². The van der Waals surface area contributed by atoms with Crippen molar-refractivity contribution in [2.24, 2.45) is 0 Å². The number of aliphatic hydroxyl groups excluding tert-OH is 1. The topological polar surface area (TPSA) is 263 Å². The number of nitrogens with two attached hydrogens (primary N) is 1. The van der Waals surface area contributed by atoms with Crippen molar-refractivity contribution >= 4 is 41.0 Å². The number of aliphatic hydroxyl groups is 1. The molecule has 0 aromatic carbocycles. The molecule has 1 aliphatic rings. The predicted octanol–water partition coefficient (Wildman–Crippen LogP) is -0.839. The second-order valence-electron chi connectivity index (χ2n) is 6.41. The third kappa shape index (κ3) is 7.12.